The lowest BCUT2D eigenvalue weighted by Crippen LogP contribution is -2.42. The number of carboxylic acid groups (broad SMARTS) is 1. The lowest BCUT2D eigenvalue weighted by Gasteiger charge is -2.38. The van der Waals surface area contributed by atoms with E-state index < -0.39 is 11.4 Å². The van der Waals surface area contributed by atoms with Gasteiger partial charge in [0, 0.05) is 6.54 Å². The Bertz CT molecular complexity index is 383. The monoisotopic (exact) mass is 205 g/mol. The maximum absolute atomic E-state index is 11.3. The summed E-state index contributed by atoms with van der Waals surface area (Å²) in [5.41, 5.74) is 6.82. The highest BCUT2D eigenvalue weighted by Crippen LogP contribution is 2.44. The van der Waals surface area contributed by atoms with Gasteiger partial charge in [0.05, 0.1) is 5.41 Å². The van der Waals surface area contributed by atoms with Crippen LogP contribution in [0.4, 0.5) is 0 Å². The van der Waals surface area contributed by atoms with Crippen LogP contribution < -0.4 is 5.73 Å². The van der Waals surface area contributed by atoms with Crippen molar-refractivity contribution < 1.29 is 9.90 Å². The summed E-state index contributed by atoms with van der Waals surface area (Å²) in [6, 6.07) is 7.64. The average molecular weight is 205 g/mol. The van der Waals surface area contributed by atoms with Crippen molar-refractivity contribution in [2.24, 2.45) is 5.73 Å². The van der Waals surface area contributed by atoms with Crippen molar-refractivity contribution in [1.82, 2.24) is 0 Å². The Kier molecular flexibility index (Phi) is 2.49. The molecule has 3 N–H and O–H groups in total. The highest BCUT2D eigenvalue weighted by molar-refractivity contribution is 5.82. The molecule has 3 heteroatoms. The van der Waals surface area contributed by atoms with Gasteiger partial charge in [-0.2, -0.15) is 0 Å². The molecule has 1 aliphatic carbocycles. The number of carboxylic acids is 1. The SMILES string of the molecule is NCc1cccc(C2(C(=O)O)CCC2)c1. The second kappa shape index (κ2) is 3.66. The van der Waals surface area contributed by atoms with Gasteiger partial charge in [0.25, 0.3) is 0 Å². The minimum Gasteiger partial charge on any atom is -0.481 e. The maximum Gasteiger partial charge on any atom is 0.314 e. The standard InChI is InChI=1S/C12H15NO2/c13-8-9-3-1-4-10(7-9)12(11(14)15)5-2-6-12/h1,3-4,7H,2,5-6,8,13H2,(H,14,15). The van der Waals surface area contributed by atoms with Crippen LogP contribution in [0.5, 0.6) is 0 Å². The van der Waals surface area contributed by atoms with E-state index in [1.54, 1.807) is 0 Å². The summed E-state index contributed by atoms with van der Waals surface area (Å²) in [6.45, 7) is 0.462. The Labute approximate surface area is 88.9 Å². The lowest BCUT2D eigenvalue weighted by molar-refractivity contribution is -0.147. The Morgan fingerprint density at radius 1 is 1.47 bits per heavy atom. The number of rotatable bonds is 3. The second-order valence-corrected chi connectivity index (χ2v) is 4.15. The van der Waals surface area contributed by atoms with Gasteiger partial charge in [-0.3, -0.25) is 4.79 Å². The summed E-state index contributed by atoms with van der Waals surface area (Å²) in [5, 5.41) is 9.27. The topological polar surface area (TPSA) is 63.3 Å². The van der Waals surface area contributed by atoms with E-state index in [-0.39, 0.29) is 0 Å². The van der Waals surface area contributed by atoms with E-state index in [2.05, 4.69) is 0 Å². The van der Waals surface area contributed by atoms with E-state index in [0.717, 1.165) is 30.4 Å². The van der Waals surface area contributed by atoms with Crippen LogP contribution in [0.15, 0.2) is 24.3 Å². The third-order valence-corrected chi connectivity index (χ3v) is 3.33. The molecule has 2 rings (SSSR count). The molecule has 0 saturated heterocycles. The first-order valence-corrected chi connectivity index (χ1v) is 5.22. The van der Waals surface area contributed by atoms with Gasteiger partial charge in [-0.05, 0) is 24.0 Å². The molecule has 1 saturated carbocycles. The molecule has 1 aliphatic rings. The quantitative estimate of drug-likeness (QED) is 0.788. The van der Waals surface area contributed by atoms with Gasteiger partial charge in [0.15, 0.2) is 0 Å². The third-order valence-electron chi connectivity index (χ3n) is 3.33. The zero-order valence-electron chi connectivity index (χ0n) is 8.57. The van der Waals surface area contributed by atoms with Crippen LogP contribution in [0.2, 0.25) is 0 Å². The molecule has 15 heavy (non-hydrogen) atoms. The van der Waals surface area contributed by atoms with Gasteiger partial charge < -0.3 is 10.8 Å². The molecule has 3 nitrogen and oxygen atoms in total. The molecule has 0 atom stereocenters. The third kappa shape index (κ3) is 1.53. The van der Waals surface area contributed by atoms with E-state index in [1.165, 1.54) is 0 Å². The number of carbonyl (C=O) groups is 1. The summed E-state index contributed by atoms with van der Waals surface area (Å²) in [4.78, 5) is 11.3. The number of aliphatic carboxylic acids is 1. The van der Waals surface area contributed by atoms with E-state index in [4.69, 9.17) is 5.73 Å². The molecule has 1 aromatic rings. The van der Waals surface area contributed by atoms with Gasteiger partial charge in [-0.15, -0.1) is 0 Å². The number of hydrogen-bond acceptors (Lipinski definition) is 2. The highest BCUT2D eigenvalue weighted by Gasteiger charge is 2.45. The summed E-state index contributed by atoms with van der Waals surface area (Å²) < 4.78 is 0. The predicted molar refractivity (Wildman–Crippen MR) is 57.5 cm³/mol. The molecule has 0 spiro atoms. The van der Waals surface area contributed by atoms with E-state index in [0.29, 0.717) is 6.54 Å². The first-order chi connectivity index (χ1) is 7.19. The minimum atomic E-state index is -0.706. The first-order valence-electron chi connectivity index (χ1n) is 5.22. The van der Waals surface area contributed by atoms with Crippen LogP contribution in [0.25, 0.3) is 0 Å². The van der Waals surface area contributed by atoms with Crippen molar-refractivity contribution in [1.29, 1.82) is 0 Å². The fourth-order valence-corrected chi connectivity index (χ4v) is 2.15. The number of hydrogen-bond donors (Lipinski definition) is 2. The zero-order chi connectivity index (χ0) is 10.9. The molecule has 0 unspecified atom stereocenters. The van der Waals surface area contributed by atoms with Crippen LogP contribution in [0.1, 0.15) is 30.4 Å². The molecule has 1 fully saturated rings. The molecule has 1 aromatic carbocycles. The summed E-state index contributed by atoms with van der Waals surface area (Å²) in [6.07, 6.45) is 2.49. The van der Waals surface area contributed by atoms with Crippen molar-refractivity contribution in [2.75, 3.05) is 0 Å². The van der Waals surface area contributed by atoms with Gasteiger partial charge in [-0.25, -0.2) is 0 Å². The Hall–Kier alpha value is -1.35. The molecule has 80 valence electrons. The Morgan fingerprint density at radius 2 is 2.20 bits per heavy atom. The van der Waals surface area contributed by atoms with Crippen LogP contribution >= 0.6 is 0 Å². The zero-order valence-corrected chi connectivity index (χ0v) is 8.57. The fourth-order valence-electron chi connectivity index (χ4n) is 2.15. The molecule has 0 aromatic heterocycles. The fraction of sp³-hybridized carbons (Fsp3) is 0.417. The minimum absolute atomic E-state index is 0.462. The molecule has 0 aliphatic heterocycles. The van der Waals surface area contributed by atoms with Crippen molar-refractivity contribution in [2.45, 2.75) is 31.2 Å². The predicted octanol–water partition coefficient (Wildman–Crippen LogP) is 1.65. The largest absolute Gasteiger partial charge is 0.481 e. The normalized spacial score (nSPS) is 18.2. The van der Waals surface area contributed by atoms with Gasteiger partial charge in [0.2, 0.25) is 0 Å². The van der Waals surface area contributed by atoms with E-state index >= 15 is 0 Å². The van der Waals surface area contributed by atoms with Crippen LogP contribution in [-0.2, 0) is 16.8 Å². The molecular formula is C12H15NO2. The number of benzene rings is 1. The smallest absolute Gasteiger partial charge is 0.314 e. The Balaban J connectivity index is 2.38. The molecule has 0 bridgehead atoms. The van der Waals surface area contributed by atoms with Crippen molar-refractivity contribution in [3.63, 3.8) is 0 Å². The summed E-state index contributed by atoms with van der Waals surface area (Å²) >= 11 is 0. The van der Waals surface area contributed by atoms with E-state index in [1.807, 2.05) is 24.3 Å². The summed E-state index contributed by atoms with van der Waals surface area (Å²) in [5.74, 6) is -0.706. The summed E-state index contributed by atoms with van der Waals surface area (Å²) in [7, 11) is 0. The van der Waals surface area contributed by atoms with Crippen LogP contribution in [0, 0.1) is 0 Å². The molecule has 0 radical (unpaired) electrons. The maximum atomic E-state index is 11.3. The average Bonchev–Trinajstić information content (AvgIpc) is 2.16. The molecular weight excluding hydrogens is 190 g/mol. The van der Waals surface area contributed by atoms with Gasteiger partial charge in [0.1, 0.15) is 0 Å². The lowest BCUT2D eigenvalue weighted by atomic mass is 9.64. The first kappa shape index (κ1) is 10.2. The van der Waals surface area contributed by atoms with Crippen LogP contribution in [0.3, 0.4) is 0 Å². The second-order valence-electron chi connectivity index (χ2n) is 4.15. The Morgan fingerprint density at radius 3 is 2.67 bits per heavy atom. The van der Waals surface area contributed by atoms with Gasteiger partial charge in [-0.1, -0.05) is 30.7 Å². The van der Waals surface area contributed by atoms with Crippen LogP contribution in [-0.4, -0.2) is 11.1 Å². The van der Waals surface area contributed by atoms with Gasteiger partial charge >= 0.3 is 5.97 Å². The van der Waals surface area contributed by atoms with Crippen molar-refractivity contribution in [3.8, 4) is 0 Å². The highest BCUT2D eigenvalue weighted by atomic mass is 16.4. The van der Waals surface area contributed by atoms with E-state index in [9.17, 15) is 9.90 Å². The van der Waals surface area contributed by atoms with Crippen molar-refractivity contribution >= 4 is 5.97 Å². The molecule has 0 amide bonds. The van der Waals surface area contributed by atoms with Crippen molar-refractivity contribution in [3.05, 3.63) is 35.4 Å². The molecule has 0 heterocycles. The number of nitrogens with two attached hydrogens (primary N) is 1.